The Balaban J connectivity index is 2.59. The zero-order valence-corrected chi connectivity index (χ0v) is 25.0. The molecule has 2 aromatic rings. The standard InChI is InChI=1S/C26H35Cl2N3O6S/c1-8-21(25(33)29-26(2,3)4)30(15-18-19(27)10-9-11-20(18)28)24(32)16-31(38(7,34)35)22-13-12-17(36-5)14-23(22)37-6/h9-14,21H,8,15-16H2,1-7H3,(H,29,33)/t21-/m1/s1. The Morgan fingerprint density at radius 2 is 1.66 bits per heavy atom. The lowest BCUT2D eigenvalue weighted by atomic mass is 10.1. The van der Waals surface area contributed by atoms with E-state index < -0.39 is 34.1 Å². The van der Waals surface area contributed by atoms with Gasteiger partial charge in [-0.3, -0.25) is 13.9 Å². The predicted octanol–water partition coefficient (Wildman–Crippen LogP) is 4.50. The van der Waals surface area contributed by atoms with Crippen LogP contribution in [0.5, 0.6) is 11.5 Å². The summed E-state index contributed by atoms with van der Waals surface area (Å²) >= 11 is 12.8. The van der Waals surface area contributed by atoms with Crippen molar-refractivity contribution in [2.45, 2.75) is 52.2 Å². The number of carbonyl (C=O) groups is 2. The molecule has 2 aromatic carbocycles. The highest BCUT2D eigenvalue weighted by Crippen LogP contribution is 2.34. The van der Waals surface area contributed by atoms with Gasteiger partial charge in [-0.05, 0) is 51.5 Å². The number of methoxy groups -OCH3 is 2. The van der Waals surface area contributed by atoms with Crippen molar-refractivity contribution in [1.29, 1.82) is 0 Å². The SMILES string of the molecule is CC[C@H](C(=O)NC(C)(C)C)N(Cc1c(Cl)cccc1Cl)C(=O)CN(c1ccc(OC)cc1OC)S(C)(=O)=O. The fourth-order valence-electron chi connectivity index (χ4n) is 3.81. The topological polar surface area (TPSA) is 105 Å². The third-order valence-corrected chi connectivity index (χ3v) is 7.44. The molecule has 0 bridgehead atoms. The normalized spacial score (nSPS) is 12.4. The molecule has 2 amide bonds. The molecular formula is C26H35Cl2N3O6S. The molecule has 0 heterocycles. The van der Waals surface area contributed by atoms with Gasteiger partial charge in [0.2, 0.25) is 21.8 Å². The number of benzene rings is 2. The van der Waals surface area contributed by atoms with Crippen LogP contribution < -0.4 is 19.1 Å². The van der Waals surface area contributed by atoms with Crippen molar-refractivity contribution >= 4 is 50.7 Å². The Kier molecular flexibility index (Phi) is 10.7. The summed E-state index contributed by atoms with van der Waals surface area (Å²) in [5.41, 5.74) is 0.0301. The zero-order valence-electron chi connectivity index (χ0n) is 22.7. The van der Waals surface area contributed by atoms with Gasteiger partial charge in [-0.25, -0.2) is 8.42 Å². The summed E-state index contributed by atoms with van der Waals surface area (Å²) in [7, 11) is -1.10. The number of anilines is 1. The first-order valence-electron chi connectivity index (χ1n) is 11.9. The van der Waals surface area contributed by atoms with E-state index in [1.807, 2.05) is 20.8 Å². The molecule has 0 aromatic heterocycles. The molecule has 12 heteroatoms. The minimum atomic E-state index is -3.96. The Labute approximate surface area is 235 Å². The van der Waals surface area contributed by atoms with Crippen LogP contribution in [0, 0.1) is 0 Å². The van der Waals surface area contributed by atoms with Crippen molar-refractivity contribution in [2.24, 2.45) is 0 Å². The number of amides is 2. The van der Waals surface area contributed by atoms with E-state index in [4.69, 9.17) is 32.7 Å². The number of nitrogens with zero attached hydrogens (tertiary/aromatic N) is 2. The van der Waals surface area contributed by atoms with Crippen LogP contribution in [0.25, 0.3) is 0 Å². The quantitative estimate of drug-likeness (QED) is 0.415. The summed E-state index contributed by atoms with van der Waals surface area (Å²) in [6.07, 6.45) is 1.25. The highest BCUT2D eigenvalue weighted by Gasteiger charge is 2.34. The number of nitrogens with one attached hydrogen (secondary N) is 1. The Morgan fingerprint density at radius 3 is 2.13 bits per heavy atom. The van der Waals surface area contributed by atoms with Crippen molar-refractivity contribution in [3.8, 4) is 11.5 Å². The van der Waals surface area contributed by atoms with Gasteiger partial charge in [0.15, 0.2) is 0 Å². The number of hydrogen-bond donors (Lipinski definition) is 1. The summed E-state index contributed by atoms with van der Waals surface area (Å²) in [6.45, 7) is 6.55. The predicted molar refractivity (Wildman–Crippen MR) is 151 cm³/mol. The van der Waals surface area contributed by atoms with Crippen LogP contribution in [-0.2, 0) is 26.2 Å². The smallest absolute Gasteiger partial charge is 0.244 e. The third-order valence-electron chi connectivity index (χ3n) is 5.61. The van der Waals surface area contributed by atoms with Crippen molar-refractivity contribution in [3.63, 3.8) is 0 Å². The summed E-state index contributed by atoms with van der Waals surface area (Å²) in [5, 5.41) is 3.54. The lowest BCUT2D eigenvalue weighted by Gasteiger charge is -2.35. The zero-order chi connectivity index (χ0) is 28.8. The highest BCUT2D eigenvalue weighted by molar-refractivity contribution is 7.92. The van der Waals surface area contributed by atoms with E-state index in [-0.39, 0.29) is 30.3 Å². The van der Waals surface area contributed by atoms with Gasteiger partial charge in [0.25, 0.3) is 0 Å². The van der Waals surface area contributed by atoms with Crippen LogP contribution in [0.3, 0.4) is 0 Å². The van der Waals surface area contributed by atoms with Crippen LogP contribution in [0.15, 0.2) is 36.4 Å². The van der Waals surface area contributed by atoms with Gasteiger partial charge in [-0.15, -0.1) is 0 Å². The summed E-state index contributed by atoms with van der Waals surface area (Å²) in [6, 6.07) is 8.58. The van der Waals surface area contributed by atoms with Crippen LogP contribution in [0.1, 0.15) is 39.7 Å². The maximum Gasteiger partial charge on any atom is 0.244 e. The van der Waals surface area contributed by atoms with Crippen LogP contribution in [0.2, 0.25) is 10.0 Å². The second-order valence-corrected chi connectivity index (χ2v) is 12.4. The largest absolute Gasteiger partial charge is 0.497 e. The average Bonchev–Trinajstić information content (AvgIpc) is 2.81. The molecule has 9 nitrogen and oxygen atoms in total. The third kappa shape index (κ3) is 8.15. The number of ether oxygens (including phenoxy) is 2. The van der Waals surface area contributed by atoms with E-state index in [9.17, 15) is 18.0 Å². The van der Waals surface area contributed by atoms with Crippen molar-refractivity contribution in [2.75, 3.05) is 31.3 Å². The molecule has 0 aliphatic rings. The molecule has 2 rings (SSSR count). The molecule has 38 heavy (non-hydrogen) atoms. The maximum absolute atomic E-state index is 13.9. The lowest BCUT2D eigenvalue weighted by Crippen LogP contribution is -2.55. The van der Waals surface area contributed by atoms with Gasteiger partial charge in [0.1, 0.15) is 24.1 Å². The molecule has 0 unspecified atom stereocenters. The molecule has 0 spiro atoms. The van der Waals surface area contributed by atoms with E-state index in [0.717, 1.165) is 10.6 Å². The summed E-state index contributed by atoms with van der Waals surface area (Å²) < 4.78 is 37.3. The first kappa shape index (κ1) is 31.5. The average molecular weight is 589 g/mol. The number of halogens is 2. The van der Waals surface area contributed by atoms with E-state index in [1.54, 1.807) is 31.2 Å². The van der Waals surface area contributed by atoms with E-state index in [0.29, 0.717) is 21.4 Å². The van der Waals surface area contributed by atoms with Gasteiger partial charge < -0.3 is 19.7 Å². The van der Waals surface area contributed by atoms with Gasteiger partial charge >= 0.3 is 0 Å². The van der Waals surface area contributed by atoms with Gasteiger partial charge in [0, 0.05) is 33.8 Å². The lowest BCUT2D eigenvalue weighted by molar-refractivity contribution is -0.141. The minimum Gasteiger partial charge on any atom is -0.497 e. The molecule has 0 fully saturated rings. The number of hydrogen-bond acceptors (Lipinski definition) is 6. The molecule has 0 radical (unpaired) electrons. The fraction of sp³-hybridized carbons (Fsp3) is 0.462. The Morgan fingerprint density at radius 1 is 1.05 bits per heavy atom. The monoisotopic (exact) mass is 587 g/mol. The molecule has 0 saturated carbocycles. The van der Waals surface area contributed by atoms with Gasteiger partial charge in [-0.2, -0.15) is 0 Å². The second-order valence-electron chi connectivity index (χ2n) is 9.69. The maximum atomic E-state index is 13.9. The highest BCUT2D eigenvalue weighted by atomic mass is 35.5. The molecular weight excluding hydrogens is 553 g/mol. The molecule has 1 atom stereocenters. The summed E-state index contributed by atoms with van der Waals surface area (Å²) in [5.74, 6) is -0.365. The van der Waals surface area contributed by atoms with Gasteiger partial charge in [-0.1, -0.05) is 36.2 Å². The van der Waals surface area contributed by atoms with Crippen molar-refractivity contribution in [1.82, 2.24) is 10.2 Å². The number of sulfonamides is 1. The van der Waals surface area contributed by atoms with E-state index in [1.165, 1.54) is 31.3 Å². The molecule has 210 valence electrons. The molecule has 1 N–H and O–H groups in total. The molecule has 0 saturated heterocycles. The second kappa shape index (κ2) is 12.9. The Hall–Kier alpha value is -2.69. The van der Waals surface area contributed by atoms with Crippen molar-refractivity contribution < 1.29 is 27.5 Å². The summed E-state index contributed by atoms with van der Waals surface area (Å²) in [4.78, 5) is 28.5. The van der Waals surface area contributed by atoms with Crippen molar-refractivity contribution in [3.05, 3.63) is 52.0 Å². The van der Waals surface area contributed by atoms with E-state index in [2.05, 4.69) is 5.32 Å². The first-order valence-corrected chi connectivity index (χ1v) is 14.5. The van der Waals surface area contributed by atoms with E-state index >= 15 is 0 Å². The molecule has 0 aliphatic carbocycles. The number of carbonyl (C=O) groups excluding carboxylic acids is 2. The first-order chi connectivity index (χ1) is 17.6. The van der Waals surface area contributed by atoms with Crippen LogP contribution >= 0.6 is 23.2 Å². The van der Waals surface area contributed by atoms with Crippen LogP contribution in [0.4, 0.5) is 5.69 Å². The van der Waals surface area contributed by atoms with Crippen LogP contribution in [-0.4, -0.2) is 63.7 Å². The van der Waals surface area contributed by atoms with Gasteiger partial charge in [0.05, 0.1) is 26.2 Å². The minimum absolute atomic E-state index is 0.106. The molecule has 0 aliphatic heterocycles. The Bertz CT molecular complexity index is 1240. The number of rotatable bonds is 11. The fourth-order valence-corrected chi connectivity index (χ4v) is 5.18.